The Morgan fingerprint density at radius 1 is 1.08 bits per heavy atom. The van der Waals surface area contributed by atoms with Crippen molar-refractivity contribution in [2.45, 2.75) is 19.1 Å². The van der Waals surface area contributed by atoms with E-state index in [-0.39, 0.29) is 6.10 Å². The summed E-state index contributed by atoms with van der Waals surface area (Å²) in [5.74, 6) is 0.652. The number of nitrogens with two attached hydrogens (primary N) is 1. The standard InChI is InChI=1S/C18H22BNO4/c20-12-17-15-8-4-9-16(18(15)19(21)24-17)23-11-5-10-22-13-14-6-2-1-3-7-14/h1-4,6-9,17,21H,5,10-13,20H2. The van der Waals surface area contributed by atoms with Crippen molar-refractivity contribution in [1.29, 1.82) is 0 Å². The fourth-order valence-electron chi connectivity index (χ4n) is 2.82. The molecule has 6 heteroatoms. The molecule has 1 unspecified atom stereocenters. The largest absolute Gasteiger partial charge is 0.495 e. The Morgan fingerprint density at radius 2 is 1.92 bits per heavy atom. The molecule has 3 N–H and O–H groups in total. The van der Waals surface area contributed by atoms with Gasteiger partial charge in [0, 0.05) is 18.4 Å². The third-order valence-corrected chi connectivity index (χ3v) is 4.00. The Bertz CT molecular complexity index is 653. The molecule has 0 saturated heterocycles. The van der Waals surface area contributed by atoms with Crippen LogP contribution in [0.3, 0.4) is 0 Å². The van der Waals surface area contributed by atoms with Crippen molar-refractivity contribution < 1.29 is 19.2 Å². The van der Waals surface area contributed by atoms with E-state index < -0.39 is 7.12 Å². The van der Waals surface area contributed by atoms with E-state index in [4.69, 9.17) is 19.9 Å². The monoisotopic (exact) mass is 327 g/mol. The minimum absolute atomic E-state index is 0.271. The number of rotatable bonds is 8. The van der Waals surface area contributed by atoms with Gasteiger partial charge in [-0.05, 0) is 17.2 Å². The summed E-state index contributed by atoms with van der Waals surface area (Å²) in [5, 5.41) is 10.0. The number of fused-ring (bicyclic) bond motifs is 1. The summed E-state index contributed by atoms with van der Waals surface area (Å²) in [6, 6.07) is 15.7. The topological polar surface area (TPSA) is 73.9 Å². The lowest BCUT2D eigenvalue weighted by atomic mass is 9.78. The molecule has 1 atom stereocenters. The highest BCUT2D eigenvalue weighted by Crippen LogP contribution is 2.26. The van der Waals surface area contributed by atoms with Crippen molar-refractivity contribution in [1.82, 2.24) is 0 Å². The van der Waals surface area contributed by atoms with E-state index in [2.05, 4.69) is 0 Å². The summed E-state index contributed by atoms with van der Waals surface area (Å²) in [6.45, 7) is 2.08. The smallest absolute Gasteiger partial charge is 0.494 e. The SMILES string of the molecule is NCC1OB(O)c2c(OCCCOCc3ccccc3)cccc21. The average molecular weight is 327 g/mol. The lowest BCUT2D eigenvalue weighted by Crippen LogP contribution is -2.30. The number of hydrogen-bond donors (Lipinski definition) is 2. The van der Waals surface area contributed by atoms with Gasteiger partial charge in [0.1, 0.15) is 5.75 Å². The maximum absolute atomic E-state index is 10.0. The van der Waals surface area contributed by atoms with E-state index in [1.54, 1.807) is 0 Å². The Morgan fingerprint density at radius 3 is 2.71 bits per heavy atom. The van der Waals surface area contributed by atoms with Gasteiger partial charge in [0.15, 0.2) is 0 Å². The molecule has 0 spiro atoms. The third-order valence-electron chi connectivity index (χ3n) is 4.00. The Balaban J connectivity index is 1.45. The van der Waals surface area contributed by atoms with Crippen LogP contribution in [0.5, 0.6) is 5.75 Å². The molecule has 0 amide bonds. The van der Waals surface area contributed by atoms with Crippen LogP contribution in [-0.4, -0.2) is 31.9 Å². The van der Waals surface area contributed by atoms with Crippen LogP contribution in [0.2, 0.25) is 0 Å². The van der Waals surface area contributed by atoms with Crippen LogP contribution in [0.1, 0.15) is 23.7 Å². The molecule has 1 heterocycles. The quantitative estimate of drug-likeness (QED) is 0.566. The van der Waals surface area contributed by atoms with Crippen LogP contribution in [0.4, 0.5) is 0 Å². The van der Waals surface area contributed by atoms with E-state index >= 15 is 0 Å². The Hall–Kier alpha value is -1.86. The van der Waals surface area contributed by atoms with Crippen LogP contribution in [0.15, 0.2) is 48.5 Å². The zero-order valence-electron chi connectivity index (χ0n) is 13.6. The molecule has 0 saturated carbocycles. The molecule has 2 aromatic rings. The van der Waals surface area contributed by atoms with Gasteiger partial charge in [-0.2, -0.15) is 0 Å². The normalized spacial score (nSPS) is 16.2. The van der Waals surface area contributed by atoms with Gasteiger partial charge in [-0.1, -0.05) is 42.5 Å². The van der Waals surface area contributed by atoms with E-state index in [0.717, 1.165) is 17.5 Å². The van der Waals surface area contributed by atoms with E-state index in [1.165, 1.54) is 0 Å². The molecular formula is C18H22BNO4. The van der Waals surface area contributed by atoms with Crippen molar-refractivity contribution in [3.05, 3.63) is 59.7 Å². The molecule has 2 aromatic carbocycles. The highest BCUT2D eigenvalue weighted by Gasteiger charge is 2.37. The maximum atomic E-state index is 10.0. The molecule has 5 nitrogen and oxygen atoms in total. The van der Waals surface area contributed by atoms with Gasteiger partial charge in [-0.3, -0.25) is 0 Å². The highest BCUT2D eigenvalue weighted by molar-refractivity contribution is 6.62. The molecule has 3 rings (SSSR count). The molecule has 0 aliphatic carbocycles. The predicted molar refractivity (Wildman–Crippen MR) is 93.1 cm³/mol. The molecular weight excluding hydrogens is 305 g/mol. The summed E-state index contributed by atoms with van der Waals surface area (Å²) in [5.41, 5.74) is 8.43. The first-order valence-electron chi connectivity index (χ1n) is 8.20. The van der Waals surface area contributed by atoms with Crippen molar-refractivity contribution in [2.75, 3.05) is 19.8 Å². The summed E-state index contributed by atoms with van der Waals surface area (Å²) < 4.78 is 16.9. The summed E-state index contributed by atoms with van der Waals surface area (Å²) in [7, 11) is -0.973. The predicted octanol–water partition coefficient (Wildman–Crippen LogP) is 1.39. The van der Waals surface area contributed by atoms with Crippen molar-refractivity contribution in [2.24, 2.45) is 5.73 Å². The van der Waals surface area contributed by atoms with E-state index in [0.29, 0.717) is 37.6 Å². The lowest BCUT2D eigenvalue weighted by Gasteiger charge is -2.11. The molecule has 24 heavy (non-hydrogen) atoms. The van der Waals surface area contributed by atoms with Crippen LogP contribution < -0.4 is 15.9 Å². The minimum Gasteiger partial charge on any atom is -0.494 e. The van der Waals surface area contributed by atoms with Gasteiger partial charge in [0.25, 0.3) is 0 Å². The second-order valence-corrected chi connectivity index (χ2v) is 5.71. The van der Waals surface area contributed by atoms with Crippen molar-refractivity contribution in [3.63, 3.8) is 0 Å². The Kier molecular flexibility index (Phi) is 5.88. The first-order valence-corrected chi connectivity index (χ1v) is 8.20. The molecule has 1 aliphatic rings. The molecule has 0 bridgehead atoms. The van der Waals surface area contributed by atoms with Crippen LogP contribution >= 0.6 is 0 Å². The van der Waals surface area contributed by atoms with Gasteiger partial charge in [-0.15, -0.1) is 0 Å². The zero-order chi connectivity index (χ0) is 16.8. The molecule has 0 aromatic heterocycles. The second-order valence-electron chi connectivity index (χ2n) is 5.71. The van der Waals surface area contributed by atoms with Crippen molar-refractivity contribution in [3.8, 4) is 5.75 Å². The fraction of sp³-hybridized carbons (Fsp3) is 0.333. The van der Waals surface area contributed by atoms with Crippen LogP contribution in [0, 0.1) is 0 Å². The van der Waals surface area contributed by atoms with Crippen LogP contribution in [0.25, 0.3) is 0 Å². The molecule has 0 fully saturated rings. The number of benzene rings is 2. The van der Waals surface area contributed by atoms with Gasteiger partial charge < -0.3 is 24.9 Å². The highest BCUT2D eigenvalue weighted by atomic mass is 16.5. The molecule has 126 valence electrons. The van der Waals surface area contributed by atoms with Gasteiger partial charge in [-0.25, -0.2) is 0 Å². The average Bonchev–Trinajstić information content (AvgIpc) is 2.96. The van der Waals surface area contributed by atoms with Gasteiger partial charge >= 0.3 is 7.12 Å². The fourth-order valence-corrected chi connectivity index (χ4v) is 2.82. The molecule has 1 aliphatic heterocycles. The first-order chi connectivity index (χ1) is 11.8. The number of hydrogen-bond acceptors (Lipinski definition) is 5. The first kappa shape index (κ1) is 17.0. The third kappa shape index (κ3) is 3.97. The second kappa shape index (κ2) is 8.30. The van der Waals surface area contributed by atoms with E-state index in [9.17, 15) is 5.02 Å². The van der Waals surface area contributed by atoms with E-state index in [1.807, 2.05) is 48.5 Å². The number of ether oxygens (including phenoxy) is 2. The van der Waals surface area contributed by atoms with Crippen molar-refractivity contribution >= 4 is 12.6 Å². The van der Waals surface area contributed by atoms with Gasteiger partial charge in [0.2, 0.25) is 0 Å². The maximum Gasteiger partial charge on any atom is 0.495 e. The lowest BCUT2D eigenvalue weighted by molar-refractivity contribution is 0.107. The van der Waals surface area contributed by atoms with Gasteiger partial charge in [0.05, 0.1) is 25.9 Å². The summed E-state index contributed by atoms with van der Waals surface area (Å²) in [6.07, 6.45) is 0.501. The summed E-state index contributed by atoms with van der Waals surface area (Å²) in [4.78, 5) is 0. The summed E-state index contributed by atoms with van der Waals surface area (Å²) >= 11 is 0. The Labute approximate surface area is 142 Å². The zero-order valence-corrected chi connectivity index (χ0v) is 13.6. The minimum atomic E-state index is -0.973. The molecule has 0 radical (unpaired) electrons. The van der Waals surface area contributed by atoms with Crippen LogP contribution in [-0.2, 0) is 16.0 Å².